The fourth-order valence-electron chi connectivity index (χ4n) is 11.0. The van der Waals surface area contributed by atoms with Crippen LogP contribution >= 0.6 is 38.6 Å². The molecule has 12 aromatic carbocycles. The number of nitrogens with zero attached hydrogens (tertiary/aromatic N) is 4. The van der Waals surface area contributed by atoms with Gasteiger partial charge in [0.25, 0.3) is 0 Å². The van der Waals surface area contributed by atoms with Gasteiger partial charge < -0.3 is 10.0 Å². The van der Waals surface area contributed by atoms with Crippen molar-refractivity contribution in [2.45, 2.75) is 0 Å². The molecule has 0 radical (unpaired) electrons. The van der Waals surface area contributed by atoms with Crippen molar-refractivity contribution in [2.24, 2.45) is 0 Å². The van der Waals surface area contributed by atoms with Gasteiger partial charge in [-0.05, 0) is 73.9 Å². The summed E-state index contributed by atoms with van der Waals surface area (Å²) in [6, 6.07) is 79.7. The number of hydrogen-bond acceptors (Lipinski definition) is 8. The molecule has 6 nitrogen and oxygen atoms in total. The minimum Gasteiger partial charge on any atom is -0.423 e. The zero-order valence-corrected chi connectivity index (χ0v) is 44.8. The van der Waals surface area contributed by atoms with E-state index in [0.29, 0.717) is 5.46 Å². The van der Waals surface area contributed by atoms with Crippen LogP contribution in [0, 0.1) is 0 Å². The molecule has 0 amide bonds. The standard InChI is InChI=1S/C34H20N2S.C22H13BrN2.C12H9BO2S/c1-3-14-27-24(11-1)25-12-2-4-15-28(25)33-32(27)35-20-30(36-33)22-10-7-9-21(19-22)23-16-8-17-29-26-13-5-6-18-31(26)37-34(23)29;23-15-7-5-6-14(12-15)20-13-24-21-18-10-3-1-8-16(18)17-9-2-4-11-19(17)22(21)25-20;14-13(15)10-6-3-5-9-8-4-1-2-7-11(8)16-12(9)10/h1-20H;1-13H;1-7,14-15H. The molecule has 0 aliphatic carbocycles. The molecular weight excluding hydrogens is 1060 g/mol. The summed E-state index contributed by atoms with van der Waals surface area (Å²) in [5.74, 6) is 0. The van der Waals surface area contributed by atoms with Crippen LogP contribution in [0.3, 0.4) is 0 Å². The molecule has 0 fully saturated rings. The minimum atomic E-state index is -1.41. The number of rotatable bonds is 4. The third kappa shape index (κ3) is 8.42. The van der Waals surface area contributed by atoms with Crippen molar-refractivity contribution >= 4 is 157 Å². The minimum absolute atomic E-state index is 0.582. The number of hydrogen-bond donors (Lipinski definition) is 2. The molecule has 0 unspecified atom stereocenters. The smallest absolute Gasteiger partial charge is 0.423 e. The zero-order chi connectivity index (χ0) is 52.3. The lowest BCUT2D eigenvalue weighted by atomic mass is 9.80. The normalized spacial score (nSPS) is 11.5. The Balaban J connectivity index is 0.000000116. The molecule has 2 N–H and O–H groups in total. The molecule has 16 aromatic rings. The molecule has 16 rings (SSSR count). The summed E-state index contributed by atoms with van der Waals surface area (Å²) in [6.45, 7) is 0. The number of fused-ring (bicyclic) bond motifs is 18. The Hall–Kier alpha value is -8.74. The van der Waals surface area contributed by atoms with Gasteiger partial charge in [-0.3, -0.25) is 9.97 Å². The summed E-state index contributed by atoms with van der Waals surface area (Å²) < 4.78 is 5.81. The first-order chi connectivity index (χ1) is 38.4. The summed E-state index contributed by atoms with van der Waals surface area (Å²) in [5.41, 5.74) is 10.7. The lowest BCUT2D eigenvalue weighted by Gasteiger charge is -2.11. The van der Waals surface area contributed by atoms with E-state index in [1.54, 1.807) is 17.4 Å². The first-order valence-electron chi connectivity index (χ1n) is 25.6. The van der Waals surface area contributed by atoms with Crippen LogP contribution in [0.1, 0.15) is 0 Å². The number of benzene rings is 12. The van der Waals surface area contributed by atoms with E-state index in [9.17, 15) is 10.0 Å². The van der Waals surface area contributed by atoms with Crippen LogP contribution < -0.4 is 5.46 Å². The monoisotopic (exact) mass is 1100 g/mol. The maximum absolute atomic E-state index is 9.31. The van der Waals surface area contributed by atoms with Crippen molar-refractivity contribution in [3.8, 4) is 33.6 Å². The second-order valence-corrected chi connectivity index (χ2v) is 22.2. The molecule has 4 aromatic heterocycles. The molecule has 0 aliphatic heterocycles. The Morgan fingerprint density at radius 3 is 1.23 bits per heavy atom. The molecule has 10 heteroatoms. The summed E-state index contributed by atoms with van der Waals surface area (Å²) in [6.07, 6.45) is 3.79. The quantitative estimate of drug-likeness (QED) is 0.135. The Morgan fingerprint density at radius 2 is 0.718 bits per heavy atom. The molecule has 368 valence electrons. The molecule has 0 saturated carbocycles. The largest absolute Gasteiger partial charge is 0.489 e. The number of aromatic nitrogens is 4. The van der Waals surface area contributed by atoms with Crippen molar-refractivity contribution in [1.82, 2.24) is 19.9 Å². The summed E-state index contributed by atoms with van der Waals surface area (Å²) >= 11 is 6.99. The van der Waals surface area contributed by atoms with Gasteiger partial charge in [-0.2, -0.15) is 0 Å². The van der Waals surface area contributed by atoms with Crippen LogP contribution in [0.15, 0.2) is 247 Å². The first-order valence-corrected chi connectivity index (χ1v) is 28.0. The molecule has 78 heavy (non-hydrogen) atoms. The lowest BCUT2D eigenvalue weighted by Crippen LogP contribution is -2.29. The van der Waals surface area contributed by atoms with Crippen LogP contribution in [0.25, 0.3) is 139 Å². The predicted octanol–water partition coefficient (Wildman–Crippen LogP) is 17.7. The van der Waals surface area contributed by atoms with Crippen molar-refractivity contribution in [3.63, 3.8) is 0 Å². The average molecular weight is 1100 g/mol. The van der Waals surface area contributed by atoms with Gasteiger partial charge in [0, 0.05) is 72.1 Å². The van der Waals surface area contributed by atoms with Crippen LogP contribution in [0.4, 0.5) is 0 Å². The van der Waals surface area contributed by atoms with Gasteiger partial charge in [0.2, 0.25) is 0 Å². The molecule has 0 spiro atoms. The van der Waals surface area contributed by atoms with E-state index in [0.717, 1.165) is 80.7 Å². The highest BCUT2D eigenvalue weighted by Gasteiger charge is 2.18. The topological polar surface area (TPSA) is 92.0 Å². The van der Waals surface area contributed by atoms with E-state index in [1.807, 2.05) is 66.2 Å². The van der Waals surface area contributed by atoms with Crippen LogP contribution in [-0.4, -0.2) is 37.1 Å². The highest BCUT2D eigenvalue weighted by molar-refractivity contribution is 9.10. The van der Waals surface area contributed by atoms with Gasteiger partial charge in [0.1, 0.15) is 0 Å². The summed E-state index contributed by atoms with van der Waals surface area (Å²) in [7, 11) is -1.41. The second-order valence-electron chi connectivity index (χ2n) is 19.2. The van der Waals surface area contributed by atoms with E-state index >= 15 is 0 Å². The third-order valence-electron chi connectivity index (χ3n) is 14.6. The van der Waals surface area contributed by atoms with Gasteiger partial charge >= 0.3 is 7.12 Å². The molecule has 4 heterocycles. The van der Waals surface area contributed by atoms with Gasteiger partial charge in [-0.1, -0.05) is 216 Å². The summed E-state index contributed by atoms with van der Waals surface area (Å²) in [5, 5.41) is 32.9. The van der Waals surface area contributed by atoms with Crippen molar-refractivity contribution in [3.05, 3.63) is 247 Å². The Bertz CT molecular complexity index is 4950. The molecule has 0 aliphatic rings. The van der Waals surface area contributed by atoms with Gasteiger partial charge in [-0.25, -0.2) is 9.97 Å². The zero-order valence-electron chi connectivity index (χ0n) is 41.5. The third-order valence-corrected chi connectivity index (χ3v) is 17.5. The Kier molecular flexibility index (Phi) is 12.2. The van der Waals surface area contributed by atoms with Gasteiger partial charge in [0.05, 0.1) is 45.8 Å². The second kappa shape index (κ2) is 20.0. The van der Waals surface area contributed by atoms with Gasteiger partial charge in [-0.15, -0.1) is 22.7 Å². The SMILES string of the molecule is Brc1cccc(-c2cnc3c4ccccc4c4ccccc4c3n2)c1.OB(O)c1cccc2c1sc1ccccc12.c1cc(-c2cnc3c4ccccc4c4ccccc4c3n2)cc(-c2cccc3c2sc2ccccc23)c1. The van der Waals surface area contributed by atoms with Crippen molar-refractivity contribution < 1.29 is 10.0 Å². The molecule has 0 bridgehead atoms. The van der Waals surface area contributed by atoms with Gasteiger partial charge in [0.15, 0.2) is 0 Å². The Morgan fingerprint density at radius 1 is 0.333 bits per heavy atom. The first kappa shape index (κ1) is 47.7. The maximum atomic E-state index is 9.31. The van der Waals surface area contributed by atoms with Crippen LogP contribution in [0.2, 0.25) is 0 Å². The van der Waals surface area contributed by atoms with E-state index in [4.69, 9.17) is 19.9 Å². The fraction of sp³-hybridized carbons (Fsp3) is 0. The summed E-state index contributed by atoms with van der Waals surface area (Å²) in [4.78, 5) is 19.9. The molecule has 0 saturated heterocycles. The predicted molar refractivity (Wildman–Crippen MR) is 335 cm³/mol. The van der Waals surface area contributed by atoms with Crippen LogP contribution in [-0.2, 0) is 0 Å². The maximum Gasteiger partial charge on any atom is 0.489 e. The highest BCUT2D eigenvalue weighted by atomic mass is 79.9. The van der Waals surface area contributed by atoms with Crippen molar-refractivity contribution in [2.75, 3.05) is 0 Å². The van der Waals surface area contributed by atoms with E-state index in [-0.39, 0.29) is 0 Å². The Labute approximate surface area is 464 Å². The molecular formula is C68H42BBrN4O2S2. The average Bonchev–Trinajstić information content (AvgIpc) is 4.16. The van der Waals surface area contributed by atoms with E-state index in [1.165, 1.54) is 62.9 Å². The van der Waals surface area contributed by atoms with Crippen LogP contribution in [0.5, 0.6) is 0 Å². The highest BCUT2D eigenvalue weighted by Crippen LogP contribution is 2.42. The number of halogens is 1. The van der Waals surface area contributed by atoms with Crippen molar-refractivity contribution in [1.29, 1.82) is 0 Å². The number of thiophene rings is 2. The molecule has 0 atom stereocenters. The van der Waals surface area contributed by atoms with E-state index < -0.39 is 7.12 Å². The fourth-order valence-corrected chi connectivity index (χ4v) is 13.8. The lowest BCUT2D eigenvalue weighted by molar-refractivity contribution is 0.426. The van der Waals surface area contributed by atoms with E-state index in [2.05, 4.69) is 198 Å².